The number of hydrogen-bond donors (Lipinski definition) is 0. The summed E-state index contributed by atoms with van der Waals surface area (Å²) in [6, 6.07) is 3.64. The van der Waals surface area contributed by atoms with Gasteiger partial charge in [0.05, 0.1) is 24.3 Å². The van der Waals surface area contributed by atoms with Gasteiger partial charge in [-0.3, -0.25) is 0 Å². The first-order chi connectivity index (χ1) is 9.15. The zero-order chi connectivity index (χ0) is 13.6. The molecule has 1 aromatic heterocycles. The van der Waals surface area contributed by atoms with E-state index in [4.69, 9.17) is 32.7 Å². The molecule has 0 bridgehead atoms. The predicted octanol–water partition coefficient (Wildman–Crippen LogP) is 4.44. The standard InChI is InChI=1S/C14H13Cl2NO2/c1-18-10-6-11(19-2)14-12(13(10)16)8(15)5-9(17-14)7-3-4-7/h5-7H,3-4H2,1-2H3. The maximum Gasteiger partial charge on any atom is 0.148 e. The normalized spacial score (nSPS) is 14.7. The minimum atomic E-state index is 0.471. The number of ether oxygens (including phenoxy) is 2. The van der Waals surface area contributed by atoms with Crippen LogP contribution < -0.4 is 9.47 Å². The van der Waals surface area contributed by atoms with E-state index in [1.807, 2.05) is 6.07 Å². The Kier molecular flexibility index (Phi) is 3.19. The van der Waals surface area contributed by atoms with Crippen molar-refractivity contribution in [2.75, 3.05) is 14.2 Å². The average molecular weight is 298 g/mol. The lowest BCUT2D eigenvalue weighted by Crippen LogP contribution is -1.95. The summed E-state index contributed by atoms with van der Waals surface area (Å²) in [4.78, 5) is 4.66. The zero-order valence-electron chi connectivity index (χ0n) is 10.7. The molecule has 100 valence electrons. The second-order valence-corrected chi connectivity index (χ2v) is 5.41. The Labute approximate surface area is 121 Å². The van der Waals surface area contributed by atoms with Gasteiger partial charge in [-0.05, 0) is 18.9 Å². The summed E-state index contributed by atoms with van der Waals surface area (Å²) in [6.07, 6.45) is 2.34. The van der Waals surface area contributed by atoms with Gasteiger partial charge in [0.25, 0.3) is 0 Å². The summed E-state index contributed by atoms with van der Waals surface area (Å²) >= 11 is 12.7. The molecule has 5 heteroatoms. The van der Waals surface area contributed by atoms with Crippen molar-refractivity contribution in [3.8, 4) is 11.5 Å². The molecule has 3 rings (SSSR count). The van der Waals surface area contributed by atoms with Crippen molar-refractivity contribution in [2.24, 2.45) is 0 Å². The summed E-state index contributed by atoms with van der Waals surface area (Å²) in [5, 5.41) is 1.75. The van der Waals surface area contributed by atoms with E-state index < -0.39 is 0 Å². The molecule has 0 N–H and O–H groups in total. The fraction of sp³-hybridized carbons (Fsp3) is 0.357. The number of rotatable bonds is 3. The first-order valence-corrected chi connectivity index (χ1v) is 6.82. The van der Waals surface area contributed by atoms with Crippen LogP contribution in [0.5, 0.6) is 11.5 Å². The Balaban J connectivity index is 2.34. The molecule has 1 aliphatic rings. The maximum atomic E-state index is 6.36. The van der Waals surface area contributed by atoms with Crippen LogP contribution in [0.4, 0.5) is 0 Å². The van der Waals surface area contributed by atoms with Crippen molar-refractivity contribution < 1.29 is 9.47 Å². The van der Waals surface area contributed by atoms with Gasteiger partial charge in [-0.15, -0.1) is 0 Å². The Morgan fingerprint density at radius 1 is 1.11 bits per heavy atom. The van der Waals surface area contributed by atoms with E-state index in [0.717, 1.165) is 5.69 Å². The lowest BCUT2D eigenvalue weighted by atomic mass is 10.1. The average Bonchev–Trinajstić information content (AvgIpc) is 3.23. The molecule has 0 unspecified atom stereocenters. The van der Waals surface area contributed by atoms with E-state index in [1.165, 1.54) is 12.8 Å². The molecule has 1 heterocycles. The van der Waals surface area contributed by atoms with Crippen LogP contribution in [-0.2, 0) is 0 Å². The van der Waals surface area contributed by atoms with E-state index in [0.29, 0.717) is 38.4 Å². The van der Waals surface area contributed by atoms with Gasteiger partial charge in [-0.1, -0.05) is 23.2 Å². The van der Waals surface area contributed by atoms with Crippen molar-refractivity contribution in [1.29, 1.82) is 0 Å². The maximum absolute atomic E-state index is 6.36. The van der Waals surface area contributed by atoms with E-state index in [9.17, 15) is 0 Å². The highest BCUT2D eigenvalue weighted by Crippen LogP contribution is 2.45. The highest BCUT2D eigenvalue weighted by molar-refractivity contribution is 6.43. The summed E-state index contributed by atoms with van der Waals surface area (Å²) in [6.45, 7) is 0. The molecule has 2 aromatic rings. The Bertz CT molecular complexity index is 654. The van der Waals surface area contributed by atoms with Crippen molar-refractivity contribution in [2.45, 2.75) is 18.8 Å². The molecular weight excluding hydrogens is 285 g/mol. The summed E-state index contributed by atoms with van der Waals surface area (Å²) < 4.78 is 10.6. The topological polar surface area (TPSA) is 31.4 Å². The number of methoxy groups -OCH3 is 2. The van der Waals surface area contributed by atoms with Crippen molar-refractivity contribution >= 4 is 34.1 Å². The molecule has 0 atom stereocenters. The third kappa shape index (κ3) is 2.11. The number of fused-ring (bicyclic) bond motifs is 1. The Morgan fingerprint density at radius 2 is 1.79 bits per heavy atom. The first kappa shape index (κ1) is 12.8. The first-order valence-electron chi connectivity index (χ1n) is 6.06. The third-order valence-corrected chi connectivity index (χ3v) is 4.03. The van der Waals surface area contributed by atoms with Crippen LogP contribution in [0.25, 0.3) is 10.9 Å². The fourth-order valence-corrected chi connectivity index (χ4v) is 2.85. The van der Waals surface area contributed by atoms with Gasteiger partial charge in [0, 0.05) is 23.1 Å². The van der Waals surface area contributed by atoms with Crippen molar-refractivity contribution in [3.63, 3.8) is 0 Å². The number of pyridine rings is 1. The molecule has 0 spiro atoms. The van der Waals surface area contributed by atoms with Crippen LogP contribution >= 0.6 is 23.2 Å². The SMILES string of the molecule is COc1cc(OC)c2nc(C3CC3)cc(Cl)c2c1Cl. The summed E-state index contributed by atoms with van der Waals surface area (Å²) in [5.41, 5.74) is 1.71. The number of benzene rings is 1. The molecule has 1 saturated carbocycles. The fourth-order valence-electron chi connectivity index (χ4n) is 2.19. The molecular formula is C14H13Cl2NO2. The largest absolute Gasteiger partial charge is 0.495 e. The molecule has 0 aliphatic heterocycles. The van der Waals surface area contributed by atoms with Crippen LogP contribution in [0.3, 0.4) is 0 Å². The zero-order valence-corrected chi connectivity index (χ0v) is 12.2. The lowest BCUT2D eigenvalue weighted by Gasteiger charge is -2.13. The minimum Gasteiger partial charge on any atom is -0.495 e. The van der Waals surface area contributed by atoms with Crippen LogP contribution in [0.2, 0.25) is 10.0 Å². The molecule has 0 saturated heterocycles. The van der Waals surface area contributed by atoms with E-state index in [1.54, 1.807) is 20.3 Å². The highest BCUT2D eigenvalue weighted by Gasteiger charge is 2.27. The quantitative estimate of drug-likeness (QED) is 0.839. The number of halogens is 2. The van der Waals surface area contributed by atoms with Crippen LogP contribution in [-0.4, -0.2) is 19.2 Å². The highest BCUT2D eigenvalue weighted by atomic mass is 35.5. The monoisotopic (exact) mass is 297 g/mol. The second kappa shape index (κ2) is 4.73. The van der Waals surface area contributed by atoms with Crippen LogP contribution in [0.15, 0.2) is 12.1 Å². The van der Waals surface area contributed by atoms with Crippen molar-refractivity contribution in [3.05, 3.63) is 27.9 Å². The van der Waals surface area contributed by atoms with E-state index in [-0.39, 0.29) is 0 Å². The second-order valence-electron chi connectivity index (χ2n) is 4.62. The lowest BCUT2D eigenvalue weighted by molar-refractivity contribution is 0.397. The Hall–Kier alpha value is -1.19. The Morgan fingerprint density at radius 3 is 2.37 bits per heavy atom. The van der Waals surface area contributed by atoms with Gasteiger partial charge < -0.3 is 9.47 Å². The van der Waals surface area contributed by atoms with Gasteiger partial charge in [0.2, 0.25) is 0 Å². The van der Waals surface area contributed by atoms with Gasteiger partial charge in [-0.25, -0.2) is 4.98 Å². The number of nitrogens with zero attached hydrogens (tertiary/aromatic N) is 1. The molecule has 3 nitrogen and oxygen atoms in total. The van der Waals surface area contributed by atoms with Gasteiger partial charge in [0.15, 0.2) is 0 Å². The molecule has 0 radical (unpaired) electrons. The number of aromatic nitrogens is 1. The van der Waals surface area contributed by atoms with Gasteiger partial charge >= 0.3 is 0 Å². The van der Waals surface area contributed by atoms with Gasteiger partial charge in [-0.2, -0.15) is 0 Å². The predicted molar refractivity (Wildman–Crippen MR) is 76.8 cm³/mol. The third-order valence-electron chi connectivity index (χ3n) is 3.36. The molecule has 19 heavy (non-hydrogen) atoms. The van der Waals surface area contributed by atoms with E-state index in [2.05, 4.69) is 4.98 Å². The molecule has 1 fully saturated rings. The molecule has 1 aromatic carbocycles. The van der Waals surface area contributed by atoms with Crippen LogP contribution in [0.1, 0.15) is 24.5 Å². The summed E-state index contributed by atoms with van der Waals surface area (Å²) in [5.74, 6) is 1.68. The summed E-state index contributed by atoms with van der Waals surface area (Å²) in [7, 11) is 3.16. The number of hydrogen-bond acceptors (Lipinski definition) is 3. The molecule has 0 amide bonds. The molecule has 1 aliphatic carbocycles. The van der Waals surface area contributed by atoms with Crippen molar-refractivity contribution in [1.82, 2.24) is 4.98 Å². The van der Waals surface area contributed by atoms with E-state index >= 15 is 0 Å². The van der Waals surface area contributed by atoms with Crippen LogP contribution in [0, 0.1) is 0 Å². The minimum absolute atomic E-state index is 0.471. The van der Waals surface area contributed by atoms with Gasteiger partial charge in [0.1, 0.15) is 17.0 Å². The smallest absolute Gasteiger partial charge is 0.148 e.